The maximum atomic E-state index is 5.58. The van der Waals surface area contributed by atoms with Gasteiger partial charge in [0.1, 0.15) is 0 Å². The molecule has 0 radical (unpaired) electrons. The summed E-state index contributed by atoms with van der Waals surface area (Å²) in [6, 6.07) is 4.22. The van der Waals surface area contributed by atoms with Crippen molar-refractivity contribution in [2.24, 2.45) is 0 Å². The van der Waals surface area contributed by atoms with Crippen molar-refractivity contribution in [3.63, 3.8) is 0 Å². The lowest BCUT2D eigenvalue weighted by Gasteiger charge is -2.25. The molecule has 0 amide bonds. The summed E-state index contributed by atoms with van der Waals surface area (Å²) in [5, 5.41) is 17.8. The molecular formula is C17H21N5O2S. The normalized spacial score (nSPS) is 17.0. The summed E-state index contributed by atoms with van der Waals surface area (Å²) in [5.74, 6) is 2.74. The Hall–Kier alpha value is -2.09. The molecular weight excluding hydrogens is 338 g/mol. The van der Waals surface area contributed by atoms with Crippen LogP contribution in [0, 0.1) is 6.92 Å². The van der Waals surface area contributed by atoms with Crippen LogP contribution >= 0.6 is 11.8 Å². The smallest absolute Gasteiger partial charge is 0.229 e. The van der Waals surface area contributed by atoms with Crippen molar-refractivity contribution in [3.8, 4) is 11.6 Å². The molecule has 3 heterocycles. The van der Waals surface area contributed by atoms with Gasteiger partial charge in [0.2, 0.25) is 17.6 Å². The van der Waals surface area contributed by atoms with E-state index in [-0.39, 0.29) is 5.25 Å². The fourth-order valence-electron chi connectivity index (χ4n) is 3.28. The Morgan fingerprint density at radius 1 is 1.16 bits per heavy atom. The zero-order chi connectivity index (χ0) is 17.2. The van der Waals surface area contributed by atoms with E-state index in [9.17, 15) is 0 Å². The summed E-state index contributed by atoms with van der Waals surface area (Å²) < 4.78 is 13.4. The first kappa shape index (κ1) is 16.4. The standard InChI is InChI=1S/C17H21N5O2S/c1-11(16-20-18-12(2)24-16)25-17-21-19-15(14-9-6-10-23-14)22(17)13-7-4-3-5-8-13/h6,9-11,13H,3-5,7-8H2,1-2H3. The van der Waals surface area contributed by atoms with Gasteiger partial charge < -0.3 is 8.83 Å². The Kier molecular flexibility index (Phi) is 4.61. The number of rotatable bonds is 5. The topological polar surface area (TPSA) is 82.8 Å². The summed E-state index contributed by atoms with van der Waals surface area (Å²) in [4.78, 5) is 0. The van der Waals surface area contributed by atoms with Crippen LogP contribution in [0.5, 0.6) is 0 Å². The third-order valence-electron chi connectivity index (χ3n) is 4.52. The Morgan fingerprint density at radius 3 is 2.68 bits per heavy atom. The summed E-state index contributed by atoms with van der Waals surface area (Å²) >= 11 is 1.60. The average molecular weight is 359 g/mol. The van der Waals surface area contributed by atoms with Gasteiger partial charge in [-0.05, 0) is 31.9 Å². The van der Waals surface area contributed by atoms with Gasteiger partial charge in [0.05, 0.1) is 11.5 Å². The monoisotopic (exact) mass is 359 g/mol. The van der Waals surface area contributed by atoms with Gasteiger partial charge in [-0.3, -0.25) is 4.57 Å². The van der Waals surface area contributed by atoms with Crippen LogP contribution in [0.4, 0.5) is 0 Å². The molecule has 7 nitrogen and oxygen atoms in total. The van der Waals surface area contributed by atoms with Crippen molar-refractivity contribution >= 4 is 11.8 Å². The highest BCUT2D eigenvalue weighted by Crippen LogP contribution is 2.39. The molecule has 132 valence electrons. The lowest BCUT2D eigenvalue weighted by atomic mass is 9.95. The third kappa shape index (κ3) is 3.35. The Labute approximate surface area is 150 Å². The maximum absolute atomic E-state index is 5.58. The maximum Gasteiger partial charge on any atom is 0.229 e. The summed E-state index contributed by atoms with van der Waals surface area (Å²) in [7, 11) is 0. The SMILES string of the molecule is Cc1nnc(C(C)Sc2nnc(-c3ccco3)n2C2CCCCC2)o1. The van der Waals surface area contributed by atoms with Crippen molar-refractivity contribution in [3.05, 3.63) is 30.2 Å². The van der Waals surface area contributed by atoms with Crippen LogP contribution < -0.4 is 0 Å². The molecule has 1 aliphatic rings. The summed E-state index contributed by atoms with van der Waals surface area (Å²) in [6.45, 7) is 3.84. The van der Waals surface area contributed by atoms with Crippen molar-refractivity contribution in [2.45, 2.75) is 62.4 Å². The quantitative estimate of drug-likeness (QED) is 0.616. The van der Waals surface area contributed by atoms with E-state index in [0.717, 1.165) is 29.6 Å². The van der Waals surface area contributed by atoms with Gasteiger partial charge in [0.25, 0.3) is 0 Å². The number of aromatic nitrogens is 5. The van der Waals surface area contributed by atoms with E-state index in [0.29, 0.717) is 17.8 Å². The lowest BCUT2D eigenvalue weighted by molar-refractivity contribution is 0.337. The van der Waals surface area contributed by atoms with Crippen LogP contribution in [0.2, 0.25) is 0 Å². The first-order valence-corrected chi connectivity index (χ1v) is 9.56. The van der Waals surface area contributed by atoms with Crippen LogP contribution in [0.25, 0.3) is 11.6 Å². The van der Waals surface area contributed by atoms with E-state index in [1.807, 2.05) is 19.1 Å². The predicted octanol–water partition coefficient (Wildman–Crippen LogP) is 4.59. The molecule has 1 unspecified atom stereocenters. The molecule has 3 aromatic rings. The number of hydrogen-bond donors (Lipinski definition) is 0. The molecule has 0 aliphatic heterocycles. The second-order valence-corrected chi connectivity index (χ2v) is 7.67. The first-order chi connectivity index (χ1) is 12.2. The van der Waals surface area contributed by atoms with Gasteiger partial charge in [-0.2, -0.15) is 0 Å². The lowest BCUT2D eigenvalue weighted by Crippen LogP contribution is -2.15. The highest BCUT2D eigenvalue weighted by atomic mass is 32.2. The molecule has 0 N–H and O–H groups in total. The van der Waals surface area contributed by atoms with Gasteiger partial charge in [0.15, 0.2) is 10.9 Å². The minimum atomic E-state index is 0.0113. The number of nitrogens with zero attached hydrogens (tertiary/aromatic N) is 5. The molecule has 1 saturated carbocycles. The second kappa shape index (κ2) is 7.03. The van der Waals surface area contributed by atoms with Crippen molar-refractivity contribution in [1.29, 1.82) is 0 Å². The van der Waals surface area contributed by atoms with E-state index >= 15 is 0 Å². The number of aryl methyl sites for hydroxylation is 1. The molecule has 0 saturated heterocycles. The minimum absolute atomic E-state index is 0.0113. The van der Waals surface area contributed by atoms with E-state index in [2.05, 4.69) is 25.0 Å². The number of furan rings is 1. The fraction of sp³-hybridized carbons (Fsp3) is 0.529. The Bertz CT molecular complexity index is 820. The fourth-order valence-corrected chi connectivity index (χ4v) is 4.23. The Morgan fingerprint density at radius 2 is 2.00 bits per heavy atom. The van der Waals surface area contributed by atoms with Crippen LogP contribution in [0.15, 0.2) is 32.4 Å². The first-order valence-electron chi connectivity index (χ1n) is 8.68. The molecule has 1 aliphatic carbocycles. The van der Waals surface area contributed by atoms with Gasteiger partial charge in [-0.15, -0.1) is 20.4 Å². The predicted molar refractivity (Wildman–Crippen MR) is 93.2 cm³/mol. The minimum Gasteiger partial charge on any atom is -0.461 e. The van der Waals surface area contributed by atoms with Crippen LogP contribution in [-0.2, 0) is 0 Å². The van der Waals surface area contributed by atoms with Crippen LogP contribution in [0.1, 0.15) is 62.1 Å². The van der Waals surface area contributed by atoms with Gasteiger partial charge >= 0.3 is 0 Å². The van der Waals surface area contributed by atoms with Crippen LogP contribution in [0.3, 0.4) is 0 Å². The van der Waals surface area contributed by atoms with Crippen molar-refractivity contribution < 1.29 is 8.83 Å². The molecule has 3 aromatic heterocycles. The molecule has 8 heteroatoms. The Balaban J connectivity index is 1.67. The van der Waals surface area contributed by atoms with E-state index in [4.69, 9.17) is 8.83 Å². The van der Waals surface area contributed by atoms with Gasteiger partial charge in [-0.1, -0.05) is 31.0 Å². The molecule has 1 fully saturated rings. The van der Waals surface area contributed by atoms with Crippen molar-refractivity contribution in [2.75, 3.05) is 0 Å². The third-order valence-corrected chi connectivity index (χ3v) is 5.56. The number of thioether (sulfide) groups is 1. The summed E-state index contributed by atoms with van der Waals surface area (Å²) in [5.41, 5.74) is 0. The van der Waals surface area contributed by atoms with Crippen LogP contribution in [-0.4, -0.2) is 25.0 Å². The second-order valence-electron chi connectivity index (χ2n) is 6.36. The largest absolute Gasteiger partial charge is 0.461 e. The molecule has 25 heavy (non-hydrogen) atoms. The molecule has 0 bridgehead atoms. The molecule has 4 rings (SSSR count). The van der Waals surface area contributed by atoms with Gasteiger partial charge in [0, 0.05) is 13.0 Å². The zero-order valence-corrected chi connectivity index (χ0v) is 15.2. The average Bonchev–Trinajstić information content (AvgIpc) is 3.35. The number of hydrogen-bond acceptors (Lipinski definition) is 7. The van der Waals surface area contributed by atoms with Gasteiger partial charge in [-0.25, -0.2) is 0 Å². The van der Waals surface area contributed by atoms with E-state index < -0.39 is 0 Å². The van der Waals surface area contributed by atoms with Crippen molar-refractivity contribution in [1.82, 2.24) is 25.0 Å². The van der Waals surface area contributed by atoms with E-state index in [1.54, 1.807) is 24.9 Å². The highest BCUT2D eigenvalue weighted by molar-refractivity contribution is 7.99. The zero-order valence-electron chi connectivity index (χ0n) is 14.4. The molecule has 0 spiro atoms. The molecule has 0 aromatic carbocycles. The molecule has 1 atom stereocenters. The summed E-state index contributed by atoms with van der Waals surface area (Å²) in [6.07, 6.45) is 7.74. The highest BCUT2D eigenvalue weighted by Gasteiger charge is 2.27. The van der Waals surface area contributed by atoms with E-state index in [1.165, 1.54) is 19.3 Å².